The van der Waals surface area contributed by atoms with Gasteiger partial charge in [0.1, 0.15) is 12.3 Å². The maximum Gasteiger partial charge on any atom is 0.326 e. The fraction of sp³-hybridized carbons (Fsp3) is 0.423. The van der Waals surface area contributed by atoms with E-state index in [1.54, 1.807) is 23.6 Å². The summed E-state index contributed by atoms with van der Waals surface area (Å²) in [4.78, 5) is 30.6. The summed E-state index contributed by atoms with van der Waals surface area (Å²) in [6.45, 7) is 6.28. The lowest BCUT2D eigenvalue weighted by atomic mass is 9.99. The van der Waals surface area contributed by atoms with Crippen molar-refractivity contribution in [3.8, 4) is 5.75 Å². The van der Waals surface area contributed by atoms with Crippen LogP contribution in [0.15, 0.2) is 46.3 Å². The third-order valence-electron chi connectivity index (χ3n) is 6.34. The van der Waals surface area contributed by atoms with Crippen LogP contribution in [0, 0.1) is 19.8 Å². The zero-order valence-electron chi connectivity index (χ0n) is 21.4. The molecule has 2 heterocycles. The van der Waals surface area contributed by atoms with Gasteiger partial charge in [0.2, 0.25) is 10.0 Å². The molecule has 0 bridgehead atoms. The van der Waals surface area contributed by atoms with E-state index in [-0.39, 0.29) is 24.6 Å². The second-order valence-electron chi connectivity index (χ2n) is 9.03. The molecular formula is C26H31N3O6S2. The Morgan fingerprint density at radius 2 is 1.89 bits per heavy atom. The highest BCUT2D eigenvalue weighted by atomic mass is 32.2. The maximum absolute atomic E-state index is 13.3. The fourth-order valence-electron chi connectivity index (χ4n) is 4.53. The number of hydrogen-bond donors (Lipinski definition) is 0. The molecule has 1 aliphatic rings. The molecular weight excluding hydrogens is 514 g/mol. The summed E-state index contributed by atoms with van der Waals surface area (Å²) in [5.41, 5.74) is 2.88. The summed E-state index contributed by atoms with van der Waals surface area (Å²) >= 11 is 1.34. The lowest BCUT2D eigenvalue weighted by molar-refractivity contribution is -0.143. The molecule has 2 aromatic carbocycles. The SMILES string of the molecule is CCOC(=O)Cn1c(=NC(=O)C2CCCN(S(=O)(=O)c3ccc(OC)cc3)C2)sc2c(C)cc(C)cc21. The minimum absolute atomic E-state index is 0.0532. The topological polar surface area (TPSA) is 107 Å². The van der Waals surface area contributed by atoms with Crippen molar-refractivity contribution in [2.24, 2.45) is 10.9 Å². The summed E-state index contributed by atoms with van der Waals surface area (Å²) in [5, 5.41) is 0. The standard InChI is InChI=1S/C26H31N3O6S2/c1-5-35-23(30)16-29-22-14-17(2)13-18(3)24(22)36-26(29)27-25(31)19-7-6-12-28(15-19)37(32,33)21-10-8-20(34-4)9-11-21/h8-11,13-14,19H,5-7,12,15-16H2,1-4H3. The first kappa shape index (κ1) is 27.0. The molecule has 0 radical (unpaired) electrons. The second kappa shape index (κ2) is 11.2. The van der Waals surface area contributed by atoms with Crippen LogP contribution in [0.3, 0.4) is 0 Å². The van der Waals surface area contributed by atoms with Gasteiger partial charge in [-0.2, -0.15) is 9.30 Å². The number of esters is 1. The van der Waals surface area contributed by atoms with Gasteiger partial charge in [-0.05, 0) is 75.1 Å². The number of nitrogens with zero attached hydrogens (tertiary/aromatic N) is 3. The minimum Gasteiger partial charge on any atom is -0.497 e. The number of benzene rings is 2. The van der Waals surface area contributed by atoms with Gasteiger partial charge >= 0.3 is 5.97 Å². The highest BCUT2D eigenvalue weighted by molar-refractivity contribution is 7.89. The lowest BCUT2D eigenvalue weighted by Gasteiger charge is -2.30. The van der Waals surface area contributed by atoms with Crippen molar-refractivity contribution in [1.82, 2.24) is 8.87 Å². The number of piperidine rings is 1. The summed E-state index contributed by atoms with van der Waals surface area (Å²) in [6.07, 6.45) is 1.09. The van der Waals surface area contributed by atoms with Crippen molar-refractivity contribution < 1.29 is 27.5 Å². The molecule has 0 spiro atoms. The van der Waals surface area contributed by atoms with Crippen LogP contribution < -0.4 is 9.54 Å². The molecule has 1 unspecified atom stereocenters. The van der Waals surface area contributed by atoms with Gasteiger partial charge in [-0.3, -0.25) is 9.59 Å². The number of rotatable bonds is 7. The smallest absolute Gasteiger partial charge is 0.326 e. The fourth-order valence-corrected chi connectivity index (χ4v) is 7.14. The molecule has 1 aromatic heterocycles. The Morgan fingerprint density at radius 3 is 2.57 bits per heavy atom. The number of fused-ring (bicyclic) bond motifs is 1. The second-order valence-corrected chi connectivity index (χ2v) is 11.9. The van der Waals surface area contributed by atoms with E-state index in [0.29, 0.717) is 29.9 Å². The average molecular weight is 546 g/mol. The molecule has 198 valence electrons. The van der Waals surface area contributed by atoms with Crippen LogP contribution in [-0.2, 0) is 30.9 Å². The molecule has 0 saturated carbocycles. The number of aromatic nitrogens is 1. The monoisotopic (exact) mass is 545 g/mol. The summed E-state index contributed by atoms with van der Waals surface area (Å²) in [6, 6.07) is 10.2. The number of sulfonamides is 1. The van der Waals surface area contributed by atoms with Gasteiger partial charge in [-0.1, -0.05) is 17.4 Å². The zero-order valence-corrected chi connectivity index (χ0v) is 23.0. The number of hydrogen-bond acceptors (Lipinski definition) is 7. The number of aryl methyl sites for hydroxylation is 2. The van der Waals surface area contributed by atoms with Crippen molar-refractivity contribution in [3.05, 3.63) is 52.3 Å². The average Bonchev–Trinajstić information content (AvgIpc) is 3.21. The van der Waals surface area contributed by atoms with Crippen LogP contribution in [-0.4, -0.2) is 56.0 Å². The van der Waals surface area contributed by atoms with Gasteiger partial charge in [-0.15, -0.1) is 0 Å². The van der Waals surface area contributed by atoms with Crippen molar-refractivity contribution in [3.63, 3.8) is 0 Å². The van der Waals surface area contributed by atoms with Crippen LogP contribution in [0.1, 0.15) is 30.9 Å². The number of amides is 1. The van der Waals surface area contributed by atoms with Crippen molar-refractivity contribution in [2.75, 3.05) is 26.8 Å². The number of methoxy groups -OCH3 is 1. The zero-order chi connectivity index (χ0) is 26.7. The number of thiazole rings is 1. The van der Waals surface area contributed by atoms with Crippen molar-refractivity contribution >= 4 is 43.5 Å². The predicted molar refractivity (Wildman–Crippen MR) is 141 cm³/mol. The molecule has 1 aliphatic heterocycles. The molecule has 4 rings (SSSR count). The Morgan fingerprint density at radius 1 is 1.16 bits per heavy atom. The summed E-state index contributed by atoms with van der Waals surface area (Å²) in [7, 11) is -2.25. The first-order chi connectivity index (χ1) is 17.6. The molecule has 37 heavy (non-hydrogen) atoms. The van der Waals surface area contributed by atoms with E-state index in [2.05, 4.69) is 4.99 Å². The number of carbonyl (C=O) groups excluding carboxylic acids is 2. The van der Waals surface area contributed by atoms with Crippen molar-refractivity contribution in [1.29, 1.82) is 0 Å². The molecule has 1 saturated heterocycles. The Balaban J connectivity index is 1.65. The third kappa shape index (κ3) is 5.78. The first-order valence-electron chi connectivity index (χ1n) is 12.1. The van der Waals surface area contributed by atoms with E-state index < -0.39 is 27.8 Å². The highest BCUT2D eigenvalue weighted by Gasteiger charge is 2.33. The van der Waals surface area contributed by atoms with Crippen LogP contribution in [0.4, 0.5) is 0 Å². The summed E-state index contributed by atoms with van der Waals surface area (Å²) < 4.78 is 40.7. The Hall–Kier alpha value is -3.02. The van der Waals surface area contributed by atoms with E-state index in [9.17, 15) is 18.0 Å². The molecule has 1 fully saturated rings. The minimum atomic E-state index is -3.77. The third-order valence-corrected chi connectivity index (χ3v) is 9.45. The lowest BCUT2D eigenvalue weighted by Crippen LogP contribution is -2.42. The maximum atomic E-state index is 13.3. The van der Waals surface area contributed by atoms with Gasteiger partial charge in [-0.25, -0.2) is 8.42 Å². The van der Waals surface area contributed by atoms with E-state index >= 15 is 0 Å². The molecule has 1 amide bonds. The summed E-state index contributed by atoms with van der Waals surface area (Å²) in [5.74, 6) is -0.821. The Kier molecular flexibility index (Phi) is 8.15. The molecule has 1 atom stereocenters. The Labute approximate surface area is 220 Å². The quantitative estimate of drug-likeness (QED) is 0.421. The molecule has 0 aliphatic carbocycles. The van der Waals surface area contributed by atoms with Gasteiger partial charge < -0.3 is 14.0 Å². The first-order valence-corrected chi connectivity index (χ1v) is 14.4. The van der Waals surface area contributed by atoms with Gasteiger partial charge in [0.05, 0.1) is 34.7 Å². The van der Waals surface area contributed by atoms with Crippen LogP contribution in [0.2, 0.25) is 0 Å². The predicted octanol–water partition coefficient (Wildman–Crippen LogP) is 3.42. The van der Waals surface area contributed by atoms with Crippen molar-refractivity contribution in [2.45, 2.75) is 45.1 Å². The molecule has 0 N–H and O–H groups in total. The highest BCUT2D eigenvalue weighted by Crippen LogP contribution is 2.27. The van der Waals surface area contributed by atoms with Crippen LogP contribution in [0.25, 0.3) is 10.2 Å². The van der Waals surface area contributed by atoms with Crippen LogP contribution in [0.5, 0.6) is 5.75 Å². The Bertz CT molecular complexity index is 1490. The molecule has 3 aromatic rings. The largest absolute Gasteiger partial charge is 0.497 e. The van der Waals surface area contributed by atoms with E-state index in [1.165, 1.54) is 34.9 Å². The van der Waals surface area contributed by atoms with E-state index in [4.69, 9.17) is 9.47 Å². The normalized spacial score (nSPS) is 17.2. The number of carbonyl (C=O) groups is 2. The van der Waals surface area contributed by atoms with Crippen LogP contribution >= 0.6 is 11.3 Å². The molecule has 11 heteroatoms. The van der Waals surface area contributed by atoms with E-state index in [0.717, 1.165) is 21.3 Å². The van der Waals surface area contributed by atoms with Gasteiger partial charge in [0.25, 0.3) is 5.91 Å². The van der Waals surface area contributed by atoms with E-state index in [1.807, 2.05) is 26.0 Å². The number of ether oxygens (including phenoxy) is 2. The molecule has 9 nitrogen and oxygen atoms in total. The van der Waals surface area contributed by atoms with Gasteiger partial charge in [0.15, 0.2) is 4.80 Å². The van der Waals surface area contributed by atoms with Gasteiger partial charge in [0, 0.05) is 13.1 Å².